The van der Waals surface area contributed by atoms with Crippen LogP contribution < -0.4 is 5.32 Å². The number of nitrogens with one attached hydrogen (secondary N) is 1. The van der Waals surface area contributed by atoms with E-state index in [0.717, 1.165) is 0 Å². The van der Waals surface area contributed by atoms with E-state index in [0.29, 0.717) is 31.6 Å². The predicted molar refractivity (Wildman–Crippen MR) is 75.1 cm³/mol. The molecule has 20 heavy (non-hydrogen) atoms. The van der Waals surface area contributed by atoms with Gasteiger partial charge in [-0.05, 0) is 47.0 Å². The van der Waals surface area contributed by atoms with E-state index in [1.807, 2.05) is 0 Å². The summed E-state index contributed by atoms with van der Waals surface area (Å²) in [5, 5.41) is 11.6. The van der Waals surface area contributed by atoms with Gasteiger partial charge < -0.3 is 15.3 Å². The Morgan fingerprint density at radius 3 is 2.55 bits per heavy atom. The Morgan fingerprint density at radius 1 is 1.35 bits per heavy atom. The van der Waals surface area contributed by atoms with E-state index in [9.17, 15) is 14.0 Å². The van der Waals surface area contributed by atoms with Gasteiger partial charge in [-0.1, -0.05) is 0 Å². The lowest BCUT2D eigenvalue weighted by molar-refractivity contribution is -0.143. The molecule has 2 rings (SSSR count). The Hall–Kier alpha value is -1.63. The molecule has 1 fully saturated rings. The van der Waals surface area contributed by atoms with Gasteiger partial charge in [0.2, 0.25) is 0 Å². The molecule has 0 atom stereocenters. The molecule has 2 N–H and O–H groups in total. The molecule has 1 saturated heterocycles. The first-order valence-corrected chi connectivity index (χ1v) is 7.00. The first-order valence-electron chi connectivity index (χ1n) is 6.21. The number of carboxylic acids is 1. The fraction of sp³-hybridized carbons (Fsp3) is 0.385. The Labute approximate surface area is 123 Å². The van der Waals surface area contributed by atoms with E-state index in [4.69, 9.17) is 5.11 Å². The number of anilines is 1. The summed E-state index contributed by atoms with van der Waals surface area (Å²) in [6.45, 7) is 0.816. The summed E-state index contributed by atoms with van der Waals surface area (Å²) in [6.07, 6.45) is 0.908. The second-order valence-electron chi connectivity index (χ2n) is 4.66. The monoisotopic (exact) mass is 344 g/mol. The van der Waals surface area contributed by atoms with Crippen molar-refractivity contribution in [3.63, 3.8) is 0 Å². The second-order valence-corrected chi connectivity index (χ2v) is 5.51. The van der Waals surface area contributed by atoms with Crippen molar-refractivity contribution >= 4 is 33.6 Å². The Morgan fingerprint density at radius 2 is 2.00 bits per heavy atom. The smallest absolute Gasteiger partial charge is 0.321 e. The summed E-state index contributed by atoms with van der Waals surface area (Å²) in [7, 11) is 0. The number of piperidine rings is 1. The molecule has 0 radical (unpaired) electrons. The predicted octanol–water partition coefficient (Wildman–Crippen LogP) is 2.92. The maximum absolute atomic E-state index is 13.1. The van der Waals surface area contributed by atoms with Gasteiger partial charge in [0.1, 0.15) is 5.82 Å². The van der Waals surface area contributed by atoms with Gasteiger partial charge in [-0.25, -0.2) is 9.18 Å². The number of benzene rings is 1. The summed E-state index contributed by atoms with van der Waals surface area (Å²) in [4.78, 5) is 24.4. The van der Waals surface area contributed by atoms with E-state index in [1.54, 1.807) is 4.90 Å². The third kappa shape index (κ3) is 3.47. The number of halogens is 2. The summed E-state index contributed by atoms with van der Waals surface area (Å²) in [5.74, 6) is -1.59. The molecule has 2 amide bonds. The lowest BCUT2D eigenvalue weighted by atomic mass is 9.97. The number of nitrogens with zero attached hydrogens (tertiary/aromatic N) is 1. The number of likely N-dealkylation sites (tertiary alicyclic amines) is 1. The fourth-order valence-electron chi connectivity index (χ4n) is 2.11. The highest BCUT2D eigenvalue weighted by Gasteiger charge is 2.26. The van der Waals surface area contributed by atoms with Crippen molar-refractivity contribution < 1.29 is 19.1 Å². The van der Waals surface area contributed by atoms with Crippen LogP contribution in [0.15, 0.2) is 22.7 Å². The molecular weight excluding hydrogens is 331 g/mol. The molecule has 7 heteroatoms. The quantitative estimate of drug-likeness (QED) is 0.866. The Balaban J connectivity index is 1.92. The third-order valence-corrected chi connectivity index (χ3v) is 3.91. The normalized spacial score (nSPS) is 16.0. The van der Waals surface area contributed by atoms with Crippen molar-refractivity contribution in [2.24, 2.45) is 5.92 Å². The number of hydrogen-bond acceptors (Lipinski definition) is 2. The molecule has 1 aromatic carbocycles. The molecule has 0 unspecified atom stereocenters. The van der Waals surface area contributed by atoms with Crippen LogP contribution in [0.1, 0.15) is 12.8 Å². The molecule has 1 heterocycles. The number of carbonyl (C=O) groups excluding carboxylic acids is 1. The molecule has 108 valence electrons. The van der Waals surface area contributed by atoms with E-state index in [1.165, 1.54) is 18.2 Å². The van der Waals surface area contributed by atoms with Crippen molar-refractivity contribution in [2.45, 2.75) is 12.8 Å². The third-order valence-electron chi connectivity index (χ3n) is 3.30. The molecule has 5 nitrogen and oxygen atoms in total. The highest BCUT2D eigenvalue weighted by atomic mass is 79.9. The van der Waals surface area contributed by atoms with E-state index in [2.05, 4.69) is 21.2 Å². The van der Waals surface area contributed by atoms with Crippen LogP contribution in [0.25, 0.3) is 0 Å². The number of aliphatic carboxylic acids is 1. The van der Waals surface area contributed by atoms with Crippen LogP contribution in [-0.4, -0.2) is 35.1 Å². The molecule has 0 aliphatic carbocycles. The van der Waals surface area contributed by atoms with Crippen LogP contribution >= 0.6 is 15.9 Å². The topological polar surface area (TPSA) is 69.6 Å². The average molecular weight is 345 g/mol. The molecule has 1 aliphatic rings. The number of carbonyl (C=O) groups is 2. The highest BCUT2D eigenvalue weighted by molar-refractivity contribution is 9.10. The summed E-state index contributed by atoms with van der Waals surface area (Å²) in [6, 6.07) is 3.92. The molecule has 0 saturated carbocycles. The first-order chi connectivity index (χ1) is 9.47. The molecule has 0 bridgehead atoms. The zero-order chi connectivity index (χ0) is 14.7. The number of hydrogen-bond donors (Lipinski definition) is 2. The minimum absolute atomic E-state index is 0.278. The van der Waals surface area contributed by atoms with Crippen LogP contribution in [0.5, 0.6) is 0 Å². The van der Waals surface area contributed by atoms with Crippen molar-refractivity contribution in [1.82, 2.24) is 4.90 Å². The number of rotatable bonds is 2. The van der Waals surface area contributed by atoms with E-state index in [-0.39, 0.29) is 16.4 Å². The maximum atomic E-state index is 13.1. The standard InChI is InChI=1S/C13H14BrFN2O3/c14-10-7-9(1-2-11(10)15)16-13(20)17-5-3-8(4-6-17)12(18)19/h1-2,7-8H,3-6H2,(H,16,20)(H,18,19). The van der Waals surface area contributed by atoms with Gasteiger partial charge in [-0.3, -0.25) is 4.79 Å². The molecule has 1 aromatic rings. The van der Waals surface area contributed by atoms with Crippen LogP contribution in [0.3, 0.4) is 0 Å². The molecule has 0 aromatic heterocycles. The van der Waals surface area contributed by atoms with Gasteiger partial charge in [0.05, 0.1) is 10.4 Å². The van der Waals surface area contributed by atoms with Crippen LogP contribution in [0.4, 0.5) is 14.9 Å². The summed E-state index contributed by atoms with van der Waals surface area (Å²) < 4.78 is 13.4. The van der Waals surface area contributed by atoms with Crippen molar-refractivity contribution in [3.05, 3.63) is 28.5 Å². The molecule has 0 spiro atoms. The van der Waals surface area contributed by atoms with Crippen LogP contribution in [0, 0.1) is 11.7 Å². The maximum Gasteiger partial charge on any atom is 0.321 e. The SMILES string of the molecule is O=C(O)C1CCN(C(=O)Nc2ccc(F)c(Br)c2)CC1. The van der Waals surface area contributed by atoms with Gasteiger partial charge >= 0.3 is 12.0 Å². The Bertz CT molecular complexity index is 530. The van der Waals surface area contributed by atoms with Gasteiger partial charge in [0, 0.05) is 18.8 Å². The van der Waals surface area contributed by atoms with Crippen LogP contribution in [0.2, 0.25) is 0 Å². The summed E-state index contributed by atoms with van der Waals surface area (Å²) in [5.41, 5.74) is 0.489. The minimum atomic E-state index is -0.812. The highest BCUT2D eigenvalue weighted by Crippen LogP contribution is 2.22. The van der Waals surface area contributed by atoms with Crippen molar-refractivity contribution in [2.75, 3.05) is 18.4 Å². The Kier molecular flexibility index (Phi) is 4.59. The lowest BCUT2D eigenvalue weighted by Gasteiger charge is -2.30. The lowest BCUT2D eigenvalue weighted by Crippen LogP contribution is -2.42. The molecule has 1 aliphatic heterocycles. The zero-order valence-corrected chi connectivity index (χ0v) is 12.2. The number of amides is 2. The first kappa shape index (κ1) is 14.8. The minimum Gasteiger partial charge on any atom is -0.481 e. The van der Waals surface area contributed by atoms with Crippen molar-refractivity contribution in [3.8, 4) is 0 Å². The zero-order valence-electron chi connectivity index (χ0n) is 10.6. The van der Waals surface area contributed by atoms with Gasteiger partial charge in [-0.15, -0.1) is 0 Å². The van der Waals surface area contributed by atoms with Gasteiger partial charge in [-0.2, -0.15) is 0 Å². The number of urea groups is 1. The van der Waals surface area contributed by atoms with Crippen LogP contribution in [-0.2, 0) is 4.79 Å². The summed E-state index contributed by atoms with van der Waals surface area (Å²) >= 11 is 3.05. The van der Waals surface area contributed by atoms with E-state index >= 15 is 0 Å². The van der Waals surface area contributed by atoms with Gasteiger partial charge in [0.15, 0.2) is 0 Å². The van der Waals surface area contributed by atoms with Crippen molar-refractivity contribution in [1.29, 1.82) is 0 Å². The fourth-order valence-corrected chi connectivity index (χ4v) is 2.48. The van der Waals surface area contributed by atoms with Gasteiger partial charge in [0.25, 0.3) is 0 Å². The van der Waals surface area contributed by atoms with E-state index < -0.39 is 11.8 Å². The molecular formula is C13H14BrFN2O3. The second kappa shape index (κ2) is 6.21. The average Bonchev–Trinajstić information content (AvgIpc) is 2.43. The largest absolute Gasteiger partial charge is 0.481 e. The number of carboxylic acid groups (broad SMARTS) is 1.